The molecule has 1 aromatic carbocycles. The molecule has 0 bridgehead atoms. The normalized spacial score (nSPS) is 19.8. The van der Waals surface area contributed by atoms with Crippen molar-refractivity contribution in [1.29, 1.82) is 0 Å². The predicted molar refractivity (Wildman–Crippen MR) is 130 cm³/mol. The molecule has 4 rings (SSSR count). The average Bonchev–Trinajstić information content (AvgIpc) is 2.82. The van der Waals surface area contributed by atoms with Crippen molar-refractivity contribution in [2.24, 2.45) is 0 Å². The number of benzene rings is 1. The van der Waals surface area contributed by atoms with Crippen LogP contribution in [0.25, 0.3) is 0 Å². The minimum Gasteiger partial charge on any atom is -0.365 e. The summed E-state index contributed by atoms with van der Waals surface area (Å²) in [5, 5.41) is 9.14. The molecule has 0 spiro atoms. The first-order valence-electron chi connectivity index (χ1n) is 11.4. The zero-order valence-electron chi connectivity index (χ0n) is 19.6. The maximum atomic E-state index is 12.7. The average molecular weight is 491 g/mol. The molecule has 0 N–H and O–H groups in total. The van der Waals surface area contributed by atoms with E-state index < -0.39 is 16.3 Å². The number of anilines is 2. The Morgan fingerprint density at radius 3 is 2.41 bits per heavy atom. The lowest BCUT2D eigenvalue weighted by Crippen LogP contribution is -2.52. The van der Waals surface area contributed by atoms with Crippen LogP contribution in [0.2, 0.25) is 0 Å². The Morgan fingerprint density at radius 1 is 1.06 bits per heavy atom. The van der Waals surface area contributed by atoms with Crippen LogP contribution < -0.4 is 9.80 Å². The van der Waals surface area contributed by atoms with Crippen LogP contribution in [0.1, 0.15) is 36.6 Å². The molecule has 1 unspecified atom stereocenters. The Kier molecular flexibility index (Phi) is 7.12. The van der Waals surface area contributed by atoms with E-state index >= 15 is 0 Å². The molecule has 9 heteroatoms. The smallest absolute Gasteiger partial charge is 0.365 e. The third-order valence-electron chi connectivity index (χ3n) is 6.56. The maximum Gasteiger partial charge on any atom is 0.475 e. The molecule has 2 aromatic rings. The van der Waals surface area contributed by atoms with E-state index in [1.807, 2.05) is 0 Å². The van der Waals surface area contributed by atoms with Crippen molar-refractivity contribution in [2.45, 2.75) is 56.5 Å². The van der Waals surface area contributed by atoms with Crippen LogP contribution >= 0.6 is 0 Å². The monoisotopic (exact) mass is 490 g/mol. The molecule has 0 saturated carbocycles. The molecule has 0 radical (unpaired) electrons. The van der Waals surface area contributed by atoms with Crippen molar-refractivity contribution < 1.29 is 17.4 Å². The quantitative estimate of drug-likeness (QED) is 0.573. The first kappa shape index (κ1) is 24.4. The van der Waals surface area contributed by atoms with Crippen molar-refractivity contribution in [2.75, 3.05) is 29.4 Å². The number of hydrogen-bond acceptors (Lipinski definition) is 5. The second kappa shape index (κ2) is 9.90. The number of halogens is 3. The van der Waals surface area contributed by atoms with Crippen LogP contribution in [0, 0.1) is 13.8 Å². The molecule has 1 aliphatic heterocycles. The number of alkyl halides is 3. The van der Waals surface area contributed by atoms with Crippen molar-refractivity contribution in [3.05, 3.63) is 64.9 Å². The van der Waals surface area contributed by atoms with Gasteiger partial charge in [-0.05, 0) is 74.6 Å². The lowest BCUT2D eigenvalue weighted by molar-refractivity contribution is -0.0384. The molecule has 0 amide bonds. The van der Waals surface area contributed by atoms with Crippen LogP contribution in [0.5, 0.6) is 0 Å². The standard InChI is InChI=1S/C25H29F3N4OS/c1-17-16-31(13-14-32(17)21-9-11-22(12-10-21)34(33)25(26,27)28)24-19(3)18(2)23(29-30-24)15-20-7-5-4-6-8-20/h5,7-12,17H,4,6,13-16H2,1-3H3/t17-,34?/m1/s1. The summed E-state index contributed by atoms with van der Waals surface area (Å²) >= 11 is 0. The van der Waals surface area contributed by atoms with Gasteiger partial charge in [0.05, 0.1) is 5.69 Å². The van der Waals surface area contributed by atoms with Gasteiger partial charge in [-0.3, -0.25) is 0 Å². The van der Waals surface area contributed by atoms with Gasteiger partial charge in [0.25, 0.3) is 0 Å². The second-order valence-electron chi connectivity index (χ2n) is 8.85. The summed E-state index contributed by atoms with van der Waals surface area (Å²) in [4.78, 5) is 4.15. The van der Waals surface area contributed by atoms with E-state index in [-0.39, 0.29) is 10.9 Å². The summed E-state index contributed by atoms with van der Waals surface area (Å²) < 4.78 is 49.7. The van der Waals surface area contributed by atoms with E-state index in [1.165, 1.54) is 17.7 Å². The highest BCUT2D eigenvalue weighted by Crippen LogP contribution is 2.30. The van der Waals surface area contributed by atoms with Crippen LogP contribution in [0.15, 0.2) is 53.0 Å². The van der Waals surface area contributed by atoms with E-state index in [1.54, 1.807) is 12.1 Å². The molecule has 182 valence electrons. The molecule has 5 nitrogen and oxygen atoms in total. The molecule has 2 aliphatic rings. The summed E-state index contributed by atoms with van der Waals surface area (Å²) in [7, 11) is -3.01. The number of rotatable bonds is 5. The summed E-state index contributed by atoms with van der Waals surface area (Å²) in [6.07, 6.45) is 9.58. The van der Waals surface area contributed by atoms with Gasteiger partial charge in [0.15, 0.2) is 16.6 Å². The molecule has 2 heterocycles. The zero-order valence-corrected chi connectivity index (χ0v) is 20.4. The molecule has 34 heavy (non-hydrogen) atoms. The Bertz CT molecular complexity index is 1130. The lowest BCUT2D eigenvalue weighted by atomic mass is 9.99. The van der Waals surface area contributed by atoms with Gasteiger partial charge >= 0.3 is 5.51 Å². The van der Waals surface area contributed by atoms with Gasteiger partial charge in [-0.25, -0.2) is 4.21 Å². The van der Waals surface area contributed by atoms with Gasteiger partial charge in [0.2, 0.25) is 0 Å². The van der Waals surface area contributed by atoms with E-state index in [2.05, 4.69) is 59.0 Å². The Morgan fingerprint density at radius 2 is 1.79 bits per heavy atom. The van der Waals surface area contributed by atoms with E-state index in [9.17, 15) is 17.4 Å². The van der Waals surface area contributed by atoms with Gasteiger partial charge in [-0.2, -0.15) is 18.3 Å². The fraction of sp³-hybridized carbons (Fsp3) is 0.440. The highest BCUT2D eigenvalue weighted by Gasteiger charge is 2.38. The van der Waals surface area contributed by atoms with Crippen molar-refractivity contribution in [3.63, 3.8) is 0 Å². The molecule has 1 aliphatic carbocycles. The largest absolute Gasteiger partial charge is 0.475 e. The zero-order chi connectivity index (χ0) is 24.5. The van der Waals surface area contributed by atoms with E-state index in [0.717, 1.165) is 60.7 Å². The van der Waals surface area contributed by atoms with E-state index in [4.69, 9.17) is 0 Å². The number of aromatic nitrogens is 2. The van der Waals surface area contributed by atoms with Crippen molar-refractivity contribution >= 4 is 22.3 Å². The van der Waals surface area contributed by atoms with Crippen molar-refractivity contribution in [1.82, 2.24) is 10.2 Å². The molecule has 1 saturated heterocycles. The SMILES string of the molecule is Cc1c(CC2=CCCC=C2)nnc(N2CCN(c3ccc(S(=O)C(F)(F)F)cc3)[C@H](C)C2)c1C. The summed E-state index contributed by atoms with van der Waals surface area (Å²) in [5.74, 6) is 0.886. The Hall–Kier alpha value is -2.68. The summed E-state index contributed by atoms with van der Waals surface area (Å²) in [5.41, 5.74) is 0.637. The highest BCUT2D eigenvalue weighted by molar-refractivity contribution is 7.86. The minimum absolute atomic E-state index is 0.117. The molecule has 1 aromatic heterocycles. The molecular formula is C25H29F3N4OS. The van der Waals surface area contributed by atoms with E-state index in [0.29, 0.717) is 6.54 Å². The number of hydrogen-bond donors (Lipinski definition) is 0. The van der Waals surface area contributed by atoms with Gasteiger partial charge in [0.1, 0.15) is 0 Å². The predicted octanol–water partition coefficient (Wildman–Crippen LogP) is 5.25. The fourth-order valence-corrected chi connectivity index (χ4v) is 5.18. The lowest BCUT2D eigenvalue weighted by Gasteiger charge is -2.42. The fourth-order valence-electron chi connectivity index (χ4n) is 4.53. The minimum atomic E-state index is -4.75. The van der Waals surface area contributed by atoms with Crippen LogP contribution in [0.3, 0.4) is 0 Å². The first-order valence-corrected chi connectivity index (χ1v) is 12.6. The maximum absolute atomic E-state index is 12.7. The van der Waals surface area contributed by atoms with Gasteiger partial charge in [0, 0.05) is 42.7 Å². The molecule has 1 fully saturated rings. The first-order chi connectivity index (χ1) is 16.1. The molecular weight excluding hydrogens is 461 g/mol. The van der Waals surface area contributed by atoms with Crippen LogP contribution in [-0.2, 0) is 17.2 Å². The highest BCUT2D eigenvalue weighted by atomic mass is 32.2. The Labute approximate surface area is 200 Å². The third kappa shape index (κ3) is 5.19. The topological polar surface area (TPSA) is 49.3 Å². The summed E-state index contributed by atoms with van der Waals surface area (Å²) in [6, 6.07) is 5.94. The number of allylic oxidation sites excluding steroid dienone is 4. The summed E-state index contributed by atoms with van der Waals surface area (Å²) in [6.45, 7) is 8.41. The second-order valence-corrected chi connectivity index (χ2v) is 10.3. The number of piperazine rings is 1. The third-order valence-corrected chi connectivity index (χ3v) is 7.68. The Balaban J connectivity index is 1.45. The van der Waals surface area contributed by atoms with Crippen LogP contribution in [0.4, 0.5) is 24.7 Å². The molecule has 2 atom stereocenters. The number of nitrogens with zero attached hydrogens (tertiary/aromatic N) is 4. The van der Waals surface area contributed by atoms with Gasteiger partial charge in [-0.1, -0.05) is 18.2 Å². The van der Waals surface area contributed by atoms with Gasteiger partial charge in [-0.15, -0.1) is 5.10 Å². The van der Waals surface area contributed by atoms with Crippen LogP contribution in [-0.4, -0.2) is 45.6 Å². The van der Waals surface area contributed by atoms with Crippen molar-refractivity contribution in [3.8, 4) is 0 Å². The van der Waals surface area contributed by atoms with Gasteiger partial charge < -0.3 is 9.80 Å².